The maximum absolute atomic E-state index is 12.6. The Labute approximate surface area is 168 Å². The Morgan fingerprint density at radius 2 is 1.92 bits per heavy atom. The summed E-state index contributed by atoms with van der Waals surface area (Å²) in [6, 6.07) is 10.3. The summed E-state index contributed by atoms with van der Waals surface area (Å²) in [4.78, 5) is 22.5. The van der Waals surface area contributed by atoms with Crippen LogP contribution in [0.2, 0.25) is 0 Å². The van der Waals surface area contributed by atoms with Crippen molar-refractivity contribution in [3.05, 3.63) is 57.8 Å². The predicted octanol–water partition coefficient (Wildman–Crippen LogP) is 3.90. The van der Waals surface area contributed by atoms with Crippen LogP contribution in [0.1, 0.15) is 16.8 Å². The van der Waals surface area contributed by atoms with E-state index in [0.29, 0.717) is 5.75 Å². The molecule has 1 aliphatic rings. The largest absolute Gasteiger partial charge is 0.339 e. The summed E-state index contributed by atoms with van der Waals surface area (Å²) in [5.74, 6) is 0.731. The van der Waals surface area contributed by atoms with Crippen molar-refractivity contribution in [1.82, 2.24) is 14.8 Å². The molecule has 0 aliphatic carbocycles. The summed E-state index contributed by atoms with van der Waals surface area (Å²) < 4.78 is 1.12. The SMILES string of the molecule is Cc1cc(SCC(=O)N2CCN(Cc3ccccn3)CC2)c(C)cc1Br. The highest BCUT2D eigenvalue weighted by Crippen LogP contribution is 2.28. The van der Waals surface area contributed by atoms with E-state index < -0.39 is 0 Å². The van der Waals surface area contributed by atoms with E-state index in [9.17, 15) is 4.79 Å². The van der Waals surface area contributed by atoms with Crippen molar-refractivity contribution in [3.8, 4) is 0 Å². The molecule has 0 unspecified atom stereocenters. The summed E-state index contributed by atoms with van der Waals surface area (Å²) in [5, 5.41) is 0. The number of aryl methyl sites for hydroxylation is 2. The van der Waals surface area contributed by atoms with Crippen molar-refractivity contribution in [1.29, 1.82) is 0 Å². The second-order valence-corrected chi connectivity index (χ2v) is 8.51. The summed E-state index contributed by atoms with van der Waals surface area (Å²) >= 11 is 5.20. The highest BCUT2D eigenvalue weighted by molar-refractivity contribution is 9.10. The molecule has 0 spiro atoms. The van der Waals surface area contributed by atoms with E-state index in [1.807, 2.05) is 23.2 Å². The number of hydrogen-bond acceptors (Lipinski definition) is 4. The Balaban J connectivity index is 1.47. The van der Waals surface area contributed by atoms with E-state index in [4.69, 9.17) is 0 Å². The average Bonchev–Trinajstić information content (AvgIpc) is 2.65. The van der Waals surface area contributed by atoms with Crippen LogP contribution in [0.25, 0.3) is 0 Å². The molecule has 1 fully saturated rings. The van der Waals surface area contributed by atoms with Gasteiger partial charge in [0.05, 0.1) is 11.4 Å². The normalized spacial score (nSPS) is 15.3. The van der Waals surface area contributed by atoms with Crippen molar-refractivity contribution >= 4 is 33.6 Å². The number of carbonyl (C=O) groups is 1. The van der Waals surface area contributed by atoms with Crippen molar-refractivity contribution in [3.63, 3.8) is 0 Å². The third-order valence-electron chi connectivity index (χ3n) is 4.64. The van der Waals surface area contributed by atoms with Crippen molar-refractivity contribution in [2.75, 3.05) is 31.9 Å². The van der Waals surface area contributed by atoms with Gasteiger partial charge in [-0.05, 0) is 49.2 Å². The number of piperazine rings is 1. The van der Waals surface area contributed by atoms with Crippen LogP contribution >= 0.6 is 27.7 Å². The number of halogens is 1. The van der Waals surface area contributed by atoms with Gasteiger partial charge in [-0.3, -0.25) is 14.7 Å². The Hall–Kier alpha value is -1.37. The Bertz CT molecular complexity index is 761. The molecule has 3 rings (SSSR count). The zero-order valence-corrected chi connectivity index (χ0v) is 17.6. The van der Waals surface area contributed by atoms with Crippen LogP contribution in [0.4, 0.5) is 0 Å². The second-order valence-electron chi connectivity index (χ2n) is 6.63. The van der Waals surface area contributed by atoms with Gasteiger partial charge in [0.1, 0.15) is 0 Å². The van der Waals surface area contributed by atoms with E-state index in [2.05, 4.69) is 57.9 Å². The molecule has 138 valence electrons. The fourth-order valence-corrected chi connectivity index (χ4v) is 4.48. The smallest absolute Gasteiger partial charge is 0.233 e. The lowest BCUT2D eigenvalue weighted by molar-refractivity contribution is -0.130. The van der Waals surface area contributed by atoms with E-state index >= 15 is 0 Å². The minimum absolute atomic E-state index is 0.229. The molecule has 1 aromatic heterocycles. The first-order chi connectivity index (χ1) is 12.5. The number of carbonyl (C=O) groups excluding carboxylic acids is 1. The van der Waals surface area contributed by atoms with Gasteiger partial charge in [-0.15, -0.1) is 11.8 Å². The Kier molecular flexibility index (Phi) is 6.73. The fourth-order valence-electron chi connectivity index (χ4n) is 3.02. The van der Waals surface area contributed by atoms with Gasteiger partial charge >= 0.3 is 0 Å². The number of aromatic nitrogens is 1. The van der Waals surface area contributed by atoms with Crippen LogP contribution in [-0.4, -0.2) is 52.6 Å². The van der Waals surface area contributed by atoms with Gasteiger partial charge in [0.15, 0.2) is 0 Å². The molecule has 6 heteroatoms. The number of hydrogen-bond donors (Lipinski definition) is 0. The maximum Gasteiger partial charge on any atom is 0.233 e. The topological polar surface area (TPSA) is 36.4 Å². The molecular weight excluding hydrogens is 410 g/mol. The molecule has 0 saturated carbocycles. The van der Waals surface area contributed by atoms with Gasteiger partial charge in [-0.2, -0.15) is 0 Å². The average molecular weight is 434 g/mol. The van der Waals surface area contributed by atoms with Crippen LogP contribution < -0.4 is 0 Å². The molecule has 2 aromatic rings. The molecule has 0 atom stereocenters. The van der Waals surface area contributed by atoms with Gasteiger partial charge in [0, 0.05) is 48.3 Å². The van der Waals surface area contributed by atoms with E-state index in [1.54, 1.807) is 11.8 Å². The molecule has 0 N–H and O–H groups in total. The first-order valence-corrected chi connectivity index (χ1v) is 10.6. The van der Waals surface area contributed by atoms with E-state index in [1.165, 1.54) is 16.0 Å². The summed E-state index contributed by atoms with van der Waals surface area (Å²) in [7, 11) is 0. The van der Waals surface area contributed by atoms with Crippen molar-refractivity contribution in [2.45, 2.75) is 25.3 Å². The highest BCUT2D eigenvalue weighted by atomic mass is 79.9. The molecule has 1 amide bonds. The summed E-state index contributed by atoms with van der Waals surface area (Å²) in [5.41, 5.74) is 3.50. The lowest BCUT2D eigenvalue weighted by Gasteiger charge is -2.34. The molecule has 1 aromatic carbocycles. The number of nitrogens with zero attached hydrogens (tertiary/aromatic N) is 3. The Morgan fingerprint density at radius 3 is 2.62 bits per heavy atom. The van der Waals surface area contributed by atoms with Gasteiger partial charge < -0.3 is 4.90 Å². The van der Waals surface area contributed by atoms with Crippen molar-refractivity contribution in [2.24, 2.45) is 0 Å². The first-order valence-electron chi connectivity index (χ1n) is 8.82. The number of pyridine rings is 1. The fraction of sp³-hybridized carbons (Fsp3) is 0.400. The van der Waals surface area contributed by atoms with Crippen LogP contribution in [0, 0.1) is 13.8 Å². The number of rotatable bonds is 5. The molecule has 1 saturated heterocycles. The third kappa shape index (κ3) is 5.09. The van der Waals surface area contributed by atoms with Gasteiger partial charge in [0.25, 0.3) is 0 Å². The molecule has 26 heavy (non-hydrogen) atoms. The monoisotopic (exact) mass is 433 g/mol. The standard InChI is InChI=1S/C20H24BrN3OS/c1-15-12-19(16(2)11-18(15)21)26-14-20(25)24-9-7-23(8-10-24)13-17-5-3-4-6-22-17/h3-6,11-12H,7-10,13-14H2,1-2H3. The minimum atomic E-state index is 0.229. The lowest BCUT2D eigenvalue weighted by atomic mass is 10.2. The van der Waals surface area contributed by atoms with Crippen LogP contribution in [0.15, 0.2) is 45.9 Å². The zero-order valence-electron chi connectivity index (χ0n) is 15.2. The molecule has 0 bridgehead atoms. The first kappa shape index (κ1) is 19.4. The molecule has 2 heterocycles. The minimum Gasteiger partial charge on any atom is -0.339 e. The van der Waals surface area contributed by atoms with Gasteiger partial charge in [0.2, 0.25) is 5.91 Å². The lowest BCUT2D eigenvalue weighted by Crippen LogP contribution is -2.48. The maximum atomic E-state index is 12.6. The number of thioether (sulfide) groups is 1. The highest BCUT2D eigenvalue weighted by Gasteiger charge is 2.21. The van der Waals surface area contributed by atoms with Crippen LogP contribution in [0.5, 0.6) is 0 Å². The number of amides is 1. The molecule has 1 aliphatic heterocycles. The van der Waals surface area contributed by atoms with E-state index in [-0.39, 0.29) is 5.91 Å². The zero-order chi connectivity index (χ0) is 18.5. The second kappa shape index (κ2) is 9.02. The number of benzene rings is 1. The summed E-state index contributed by atoms with van der Waals surface area (Å²) in [6.07, 6.45) is 1.83. The van der Waals surface area contributed by atoms with Crippen LogP contribution in [-0.2, 0) is 11.3 Å². The molecular formula is C20H24BrN3OS. The quantitative estimate of drug-likeness (QED) is 0.669. The third-order valence-corrected chi connectivity index (χ3v) is 6.64. The molecule has 0 radical (unpaired) electrons. The van der Waals surface area contributed by atoms with Crippen LogP contribution in [0.3, 0.4) is 0 Å². The Morgan fingerprint density at radius 1 is 1.15 bits per heavy atom. The van der Waals surface area contributed by atoms with Gasteiger partial charge in [-0.1, -0.05) is 22.0 Å². The van der Waals surface area contributed by atoms with Crippen molar-refractivity contribution < 1.29 is 4.79 Å². The summed E-state index contributed by atoms with van der Waals surface area (Å²) in [6.45, 7) is 8.43. The van der Waals surface area contributed by atoms with Gasteiger partial charge in [-0.25, -0.2) is 0 Å². The molecule has 4 nitrogen and oxygen atoms in total. The van der Waals surface area contributed by atoms with E-state index in [0.717, 1.165) is 42.9 Å². The predicted molar refractivity (Wildman–Crippen MR) is 110 cm³/mol.